The Kier molecular flexibility index (Phi) is 5.17. The van der Waals surface area contributed by atoms with E-state index in [1.165, 1.54) is 4.90 Å². The van der Waals surface area contributed by atoms with Crippen LogP contribution in [0, 0.1) is 0 Å². The largest absolute Gasteiger partial charge is 0.481 e. The van der Waals surface area contributed by atoms with E-state index in [0.29, 0.717) is 11.4 Å². The molecule has 0 bridgehead atoms. The fraction of sp³-hybridized carbons (Fsp3) is 0.385. The summed E-state index contributed by atoms with van der Waals surface area (Å²) in [6, 6.07) is 6.76. The molecule has 0 saturated heterocycles. The molecule has 0 heterocycles. The van der Waals surface area contributed by atoms with E-state index in [0.717, 1.165) is 0 Å². The number of ether oxygens (including phenoxy) is 1. The summed E-state index contributed by atoms with van der Waals surface area (Å²) >= 11 is 0. The van der Waals surface area contributed by atoms with Gasteiger partial charge in [0.2, 0.25) is 0 Å². The van der Waals surface area contributed by atoms with Gasteiger partial charge in [-0.05, 0) is 26.0 Å². The summed E-state index contributed by atoms with van der Waals surface area (Å²) < 4.78 is 5.09. The van der Waals surface area contributed by atoms with Gasteiger partial charge in [0.15, 0.2) is 0 Å². The first kappa shape index (κ1) is 14.8. The van der Waals surface area contributed by atoms with Crippen molar-refractivity contribution in [1.29, 1.82) is 0 Å². The predicted molar refractivity (Wildman–Crippen MR) is 72.1 cm³/mol. The Balaban J connectivity index is 2.95. The Morgan fingerprint density at radius 3 is 2.53 bits per heavy atom. The molecule has 3 N–H and O–H groups in total. The average molecular weight is 266 g/mol. The van der Waals surface area contributed by atoms with Gasteiger partial charge in [-0.2, -0.15) is 0 Å². The molecule has 0 aliphatic carbocycles. The molecule has 0 spiro atoms. The number of rotatable bonds is 5. The summed E-state index contributed by atoms with van der Waals surface area (Å²) in [7, 11) is 0. The highest BCUT2D eigenvalue weighted by Gasteiger charge is 2.21. The summed E-state index contributed by atoms with van der Waals surface area (Å²) in [5.74, 6) is -0.989. The topological polar surface area (TPSA) is 92.9 Å². The van der Waals surface area contributed by atoms with Crippen LogP contribution < -0.4 is 10.6 Å². The van der Waals surface area contributed by atoms with Crippen LogP contribution in [0.4, 0.5) is 16.2 Å². The molecule has 0 fully saturated rings. The molecule has 0 aliphatic heterocycles. The smallest absolute Gasteiger partial charge is 0.414 e. The van der Waals surface area contributed by atoms with Gasteiger partial charge < -0.3 is 15.6 Å². The van der Waals surface area contributed by atoms with Crippen molar-refractivity contribution in [3.63, 3.8) is 0 Å². The molecule has 1 rings (SSSR count). The number of carbonyl (C=O) groups is 2. The molecule has 0 aromatic heterocycles. The molecule has 19 heavy (non-hydrogen) atoms. The molecule has 0 radical (unpaired) electrons. The van der Waals surface area contributed by atoms with Crippen molar-refractivity contribution in [3.8, 4) is 0 Å². The zero-order valence-corrected chi connectivity index (χ0v) is 11.0. The second kappa shape index (κ2) is 6.63. The summed E-state index contributed by atoms with van der Waals surface area (Å²) in [4.78, 5) is 23.9. The second-order valence-electron chi connectivity index (χ2n) is 4.29. The van der Waals surface area contributed by atoms with Crippen molar-refractivity contribution in [2.45, 2.75) is 26.4 Å². The fourth-order valence-corrected chi connectivity index (χ4v) is 1.52. The SMILES string of the molecule is CC(C)OC(=O)N(CCC(=O)O)c1ccccc1N. The van der Waals surface area contributed by atoms with Crippen LogP contribution in [0.25, 0.3) is 0 Å². The number of nitrogens with two attached hydrogens (primary N) is 1. The molecule has 6 heteroatoms. The van der Waals surface area contributed by atoms with E-state index in [-0.39, 0.29) is 19.1 Å². The molecule has 6 nitrogen and oxygen atoms in total. The minimum Gasteiger partial charge on any atom is -0.481 e. The number of anilines is 2. The second-order valence-corrected chi connectivity index (χ2v) is 4.29. The number of carboxylic acids is 1. The van der Waals surface area contributed by atoms with E-state index < -0.39 is 12.1 Å². The highest BCUT2D eigenvalue weighted by molar-refractivity contribution is 5.92. The van der Waals surface area contributed by atoms with Gasteiger partial charge in [0.25, 0.3) is 0 Å². The van der Waals surface area contributed by atoms with Gasteiger partial charge in [-0.3, -0.25) is 9.69 Å². The minimum atomic E-state index is -0.989. The van der Waals surface area contributed by atoms with Crippen molar-refractivity contribution in [1.82, 2.24) is 0 Å². The van der Waals surface area contributed by atoms with E-state index in [4.69, 9.17) is 15.6 Å². The summed E-state index contributed by atoms with van der Waals surface area (Å²) in [5, 5.41) is 8.73. The predicted octanol–water partition coefficient (Wildman–Crippen LogP) is 2.09. The lowest BCUT2D eigenvalue weighted by molar-refractivity contribution is -0.136. The van der Waals surface area contributed by atoms with E-state index in [1.807, 2.05) is 0 Å². The lowest BCUT2D eigenvalue weighted by atomic mass is 10.2. The molecular formula is C13H18N2O4. The van der Waals surface area contributed by atoms with Crippen molar-refractivity contribution < 1.29 is 19.4 Å². The van der Waals surface area contributed by atoms with Gasteiger partial charge in [0, 0.05) is 6.54 Å². The highest BCUT2D eigenvalue weighted by atomic mass is 16.6. The molecule has 104 valence electrons. The van der Waals surface area contributed by atoms with Crippen LogP contribution in [-0.2, 0) is 9.53 Å². The fourth-order valence-electron chi connectivity index (χ4n) is 1.52. The lowest BCUT2D eigenvalue weighted by Gasteiger charge is -2.24. The van der Waals surface area contributed by atoms with Gasteiger partial charge >= 0.3 is 12.1 Å². The van der Waals surface area contributed by atoms with E-state index in [9.17, 15) is 9.59 Å². The number of benzene rings is 1. The van der Waals surface area contributed by atoms with E-state index in [1.54, 1.807) is 38.1 Å². The quantitative estimate of drug-likeness (QED) is 0.796. The van der Waals surface area contributed by atoms with Crippen LogP contribution in [0.3, 0.4) is 0 Å². The van der Waals surface area contributed by atoms with Crippen molar-refractivity contribution in [3.05, 3.63) is 24.3 Å². The average Bonchev–Trinajstić information content (AvgIpc) is 2.30. The zero-order chi connectivity index (χ0) is 14.4. The highest BCUT2D eigenvalue weighted by Crippen LogP contribution is 2.23. The zero-order valence-electron chi connectivity index (χ0n) is 11.0. The lowest BCUT2D eigenvalue weighted by Crippen LogP contribution is -2.35. The maximum atomic E-state index is 12.0. The Morgan fingerprint density at radius 2 is 2.00 bits per heavy atom. The van der Waals surface area contributed by atoms with Gasteiger partial charge in [0.1, 0.15) is 0 Å². The van der Waals surface area contributed by atoms with Gasteiger partial charge in [-0.15, -0.1) is 0 Å². The van der Waals surface area contributed by atoms with Crippen LogP contribution in [-0.4, -0.2) is 29.8 Å². The third-order valence-corrected chi connectivity index (χ3v) is 2.33. The van der Waals surface area contributed by atoms with Gasteiger partial charge in [-0.25, -0.2) is 4.79 Å². The number of carbonyl (C=O) groups excluding carboxylic acids is 1. The first-order valence-electron chi connectivity index (χ1n) is 5.96. The maximum Gasteiger partial charge on any atom is 0.414 e. The first-order valence-corrected chi connectivity index (χ1v) is 5.96. The molecule has 1 amide bonds. The molecule has 0 atom stereocenters. The number of hydrogen-bond donors (Lipinski definition) is 2. The molecule has 0 aliphatic rings. The van der Waals surface area contributed by atoms with Crippen molar-refractivity contribution in [2.75, 3.05) is 17.2 Å². The van der Waals surface area contributed by atoms with E-state index in [2.05, 4.69) is 0 Å². The Hall–Kier alpha value is -2.24. The number of nitrogens with zero attached hydrogens (tertiary/aromatic N) is 1. The van der Waals surface area contributed by atoms with Crippen LogP contribution in [0.2, 0.25) is 0 Å². The van der Waals surface area contributed by atoms with Crippen molar-refractivity contribution in [2.24, 2.45) is 0 Å². The summed E-state index contributed by atoms with van der Waals surface area (Å²) in [6.07, 6.45) is -1.07. The number of para-hydroxylation sites is 2. The van der Waals surface area contributed by atoms with Crippen LogP contribution >= 0.6 is 0 Å². The first-order chi connectivity index (χ1) is 8.91. The number of carboxylic acid groups (broad SMARTS) is 1. The van der Waals surface area contributed by atoms with Gasteiger partial charge in [0.05, 0.1) is 23.9 Å². The molecule has 0 saturated carbocycles. The third-order valence-electron chi connectivity index (χ3n) is 2.33. The Labute approximate surface area is 111 Å². The van der Waals surface area contributed by atoms with E-state index >= 15 is 0 Å². The van der Waals surface area contributed by atoms with Crippen LogP contribution in [0.5, 0.6) is 0 Å². The molecule has 1 aromatic rings. The number of nitrogen functional groups attached to an aromatic ring is 1. The normalized spacial score (nSPS) is 10.3. The van der Waals surface area contributed by atoms with Gasteiger partial charge in [-0.1, -0.05) is 12.1 Å². The molecule has 1 aromatic carbocycles. The molecular weight excluding hydrogens is 248 g/mol. The standard InChI is InChI=1S/C13H18N2O4/c1-9(2)19-13(18)15(8-7-12(16)17)11-6-4-3-5-10(11)14/h3-6,9H,7-8,14H2,1-2H3,(H,16,17). The maximum absolute atomic E-state index is 12.0. The van der Waals surface area contributed by atoms with Crippen molar-refractivity contribution >= 4 is 23.4 Å². The monoisotopic (exact) mass is 266 g/mol. The summed E-state index contributed by atoms with van der Waals surface area (Å²) in [6.45, 7) is 3.46. The Morgan fingerprint density at radius 1 is 1.37 bits per heavy atom. The number of amides is 1. The third kappa shape index (κ3) is 4.50. The molecule has 0 unspecified atom stereocenters. The minimum absolute atomic E-state index is 0.00903. The summed E-state index contributed by atoms with van der Waals surface area (Å²) in [5.41, 5.74) is 6.65. The van der Waals surface area contributed by atoms with Crippen LogP contribution in [0.1, 0.15) is 20.3 Å². The number of hydrogen-bond acceptors (Lipinski definition) is 4. The van der Waals surface area contributed by atoms with Crippen LogP contribution in [0.15, 0.2) is 24.3 Å². The Bertz CT molecular complexity index is 460. The number of aliphatic carboxylic acids is 1.